The number of halogens is 1. The number of nitrogens with one attached hydrogen (secondary N) is 1. The Hall–Kier alpha value is 1.02. The van der Waals surface area contributed by atoms with Crippen LogP contribution in [-0.2, 0) is 4.79 Å². The fourth-order valence-electron chi connectivity index (χ4n) is 0.565. The van der Waals surface area contributed by atoms with E-state index in [4.69, 9.17) is 0 Å². The van der Waals surface area contributed by atoms with Crippen LogP contribution in [0.15, 0.2) is 0 Å². The second-order valence-corrected chi connectivity index (χ2v) is 1.45. The van der Waals surface area contributed by atoms with Crippen molar-refractivity contribution in [2.75, 3.05) is 6.54 Å². The van der Waals surface area contributed by atoms with E-state index in [-0.39, 0.29) is 58.9 Å². The summed E-state index contributed by atoms with van der Waals surface area (Å²) in [6, 6.07) is 0. The van der Waals surface area contributed by atoms with Crippen molar-refractivity contribution in [3.63, 3.8) is 0 Å². The van der Waals surface area contributed by atoms with Crippen LogP contribution in [0.4, 0.5) is 0 Å². The standard InChI is InChI=1S/C4H7NO.Ca.ClH.2H/c6-4-2-1-3-5-4;;;;/h1-3H2,(H,5,6);;1H;;/q;+2;;2*-1. The Bertz CT molecular complexity index is 77.7. The summed E-state index contributed by atoms with van der Waals surface area (Å²) in [5, 5.41) is 2.68. The van der Waals surface area contributed by atoms with Crippen molar-refractivity contribution in [3.8, 4) is 0 Å². The Labute approximate surface area is 87.8 Å². The van der Waals surface area contributed by atoms with Gasteiger partial charge >= 0.3 is 37.7 Å². The molecule has 0 saturated carbocycles. The molecule has 0 aliphatic carbocycles. The third kappa shape index (κ3) is 3.96. The average molecular weight is 164 g/mol. The van der Waals surface area contributed by atoms with Gasteiger partial charge in [-0.05, 0) is 6.42 Å². The second-order valence-electron chi connectivity index (χ2n) is 1.45. The van der Waals surface area contributed by atoms with Gasteiger partial charge < -0.3 is 8.17 Å². The largest absolute Gasteiger partial charge is 2.00 e. The summed E-state index contributed by atoms with van der Waals surface area (Å²) in [4.78, 5) is 10.1. The summed E-state index contributed by atoms with van der Waals surface area (Å²) in [6.07, 6.45) is 1.76. The minimum Gasteiger partial charge on any atom is -1.00 e. The predicted molar refractivity (Wildman–Crippen MR) is 37.5 cm³/mol. The summed E-state index contributed by atoms with van der Waals surface area (Å²) in [5.74, 6) is 0.204. The zero-order valence-electron chi connectivity index (χ0n) is 6.64. The van der Waals surface area contributed by atoms with Crippen LogP contribution in [0.1, 0.15) is 15.7 Å². The van der Waals surface area contributed by atoms with Gasteiger partial charge in [0.05, 0.1) is 0 Å². The van der Waals surface area contributed by atoms with Gasteiger partial charge in [0, 0.05) is 13.0 Å². The van der Waals surface area contributed by atoms with Crippen molar-refractivity contribution >= 4 is 56.1 Å². The van der Waals surface area contributed by atoms with E-state index in [1.54, 1.807) is 0 Å². The number of rotatable bonds is 0. The molecule has 0 bridgehead atoms. The van der Waals surface area contributed by atoms with E-state index in [2.05, 4.69) is 5.32 Å². The Kier molecular flexibility index (Phi) is 9.04. The van der Waals surface area contributed by atoms with Crippen LogP contribution in [-0.4, -0.2) is 50.2 Å². The molecule has 1 amide bonds. The van der Waals surface area contributed by atoms with Crippen molar-refractivity contribution in [2.45, 2.75) is 12.8 Å². The van der Waals surface area contributed by atoms with E-state index in [0.29, 0.717) is 0 Å². The monoisotopic (exact) mass is 163 g/mol. The van der Waals surface area contributed by atoms with Crippen molar-refractivity contribution < 1.29 is 7.65 Å². The molecule has 1 aliphatic heterocycles. The first-order valence-electron chi connectivity index (χ1n) is 2.16. The molecule has 0 aromatic carbocycles. The Balaban J connectivity index is -0.0000000450. The fraction of sp³-hybridized carbons (Fsp3) is 0.750. The van der Waals surface area contributed by atoms with E-state index < -0.39 is 0 Å². The van der Waals surface area contributed by atoms with Gasteiger partial charge in [0.2, 0.25) is 5.91 Å². The molecule has 4 heteroatoms. The van der Waals surface area contributed by atoms with Crippen LogP contribution in [0.25, 0.3) is 0 Å². The van der Waals surface area contributed by atoms with Crippen molar-refractivity contribution in [1.29, 1.82) is 0 Å². The van der Waals surface area contributed by atoms with E-state index >= 15 is 0 Å². The third-order valence-electron chi connectivity index (χ3n) is 0.903. The molecule has 1 aliphatic rings. The fourth-order valence-corrected chi connectivity index (χ4v) is 0.565. The van der Waals surface area contributed by atoms with Gasteiger partial charge in [-0.1, -0.05) is 0 Å². The molecule has 46 valence electrons. The van der Waals surface area contributed by atoms with E-state index in [0.717, 1.165) is 19.4 Å². The first-order chi connectivity index (χ1) is 2.89. The molecule has 0 spiro atoms. The van der Waals surface area contributed by atoms with Crippen LogP contribution >= 0.6 is 12.4 Å². The topological polar surface area (TPSA) is 29.1 Å². The SMILES string of the molecule is Cl.O=C1CCCN1.[Ca+2].[H-].[H-]. The maximum Gasteiger partial charge on any atom is 2.00 e. The second kappa shape index (κ2) is 6.14. The zero-order chi connectivity index (χ0) is 4.41. The number of hydrogen-bond donors (Lipinski definition) is 1. The third-order valence-corrected chi connectivity index (χ3v) is 0.903. The summed E-state index contributed by atoms with van der Waals surface area (Å²) in [5.41, 5.74) is 0. The van der Waals surface area contributed by atoms with Crippen LogP contribution in [0, 0.1) is 0 Å². The maximum atomic E-state index is 10.1. The van der Waals surface area contributed by atoms with Crippen molar-refractivity contribution in [3.05, 3.63) is 0 Å². The molecule has 2 nitrogen and oxygen atoms in total. The molecule has 1 fully saturated rings. The molecule has 1 N–H and O–H groups in total. The molecule has 0 radical (unpaired) electrons. The molecular weight excluding hydrogens is 154 g/mol. The van der Waals surface area contributed by atoms with Gasteiger partial charge in [-0.25, -0.2) is 0 Å². The van der Waals surface area contributed by atoms with Crippen LogP contribution in [0.2, 0.25) is 0 Å². The first-order valence-corrected chi connectivity index (χ1v) is 2.16. The number of amides is 1. The van der Waals surface area contributed by atoms with Crippen molar-refractivity contribution in [1.82, 2.24) is 5.32 Å². The van der Waals surface area contributed by atoms with Gasteiger partial charge in [0.15, 0.2) is 0 Å². The number of carbonyl (C=O) groups excluding carboxylic acids is 1. The summed E-state index contributed by atoms with van der Waals surface area (Å²) < 4.78 is 0. The van der Waals surface area contributed by atoms with Crippen LogP contribution < -0.4 is 5.32 Å². The van der Waals surface area contributed by atoms with Gasteiger partial charge in [-0.3, -0.25) is 4.79 Å². The van der Waals surface area contributed by atoms with E-state index in [1.807, 2.05) is 0 Å². The normalized spacial score (nSPS) is 15.8. The molecule has 1 rings (SSSR count). The van der Waals surface area contributed by atoms with Crippen molar-refractivity contribution in [2.24, 2.45) is 0 Å². The minimum atomic E-state index is 0. The van der Waals surface area contributed by atoms with Gasteiger partial charge in [-0.15, -0.1) is 12.4 Å². The molecule has 1 saturated heterocycles. The Morgan fingerprint density at radius 1 is 1.62 bits per heavy atom. The molecule has 8 heavy (non-hydrogen) atoms. The minimum absolute atomic E-state index is 0. The van der Waals surface area contributed by atoms with Gasteiger partial charge in [0.1, 0.15) is 0 Å². The van der Waals surface area contributed by atoms with Crippen LogP contribution in [0.3, 0.4) is 0 Å². The quantitative estimate of drug-likeness (QED) is 0.507. The molecule has 1 heterocycles. The Morgan fingerprint density at radius 2 is 2.25 bits per heavy atom. The summed E-state index contributed by atoms with van der Waals surface area (Å²) in [6.45, 7) is 0.888. The van der Waals surface area contributed by atoms with E-state index in [9.17, 15) is 4.79 Å². The van der Waals surface area contributed by atoms with Gasteiger partial charge in [-0.2, -0.15) is 0 Å². The molecule has 0 unspecified atom stereocenters. The first kappa shape index (κ1) is 11.8. The van der Waals surface area contributed by atoms with Crippen LogP contribution in [0.5, 0.6) is 0 Å². The average Bonchev–Trinajstić information content (AvgIpc) is 1.86. The molecular formula is C4H10CaClNO. The number of carbonyl (C=O) groups is 1. The predicted octanol–water partition coefficient (Wildman–Crippen LogP) is 0.162. The van der Waals surface area contributed by atoms with Gasteiger partial charge in [0.25, 0.3) is 0 Å². The smallest absolute Gasteiger partial charge is 1.00 e. The Morgan fingerprint density at radius 3 is 2.38 bits per heavy atom. The molecule has 0 atom stereocenters. The van der Waals surface area contributed by atoms with E-state index in [1.165, 1.54) is 0 Å². The maximum absolute atomic E-state index is 10.1. The zero-order valence-corrected chi connectivity index (χ0v) is 7.67. The molecule has 0 aromatic rings. The molecule has 0 aromatic heterocycles. The summed E-state index contributed by atoms with van der Waals surface area (Å²) >= 11 is 0. The number of hydrogen-bond acceptors (Lipinski definition) is 1. The summed E-state index contributed by atoms with van der Waals surface area (Å²) in [7, 11) is 0.